The van der Waals surface area contributed by atoms with Crippen molar-refractivity contribution in [1.82, 2.24) is 5.32 Å². The van der Waals surface area contributed by atoms with Crippen LogP contribution in [0.2, 0.25) is 5.02 Å². The number of anilines is 1. The number of carbonyl (C=O) groups is 1. The van der Waals surface area contributed by atoms with Crippen molar-refractivity contribution in [2.24, 2.45) is 0 Å². The van der Waals surface area contributed by atoms with Gasteiger partial charge >= 0.3 is 6.18 Å². The molecule has 0 aliphatic carbocycles. The quantitative estimate of drug-likeness (QED) is 0.518. The third-order valence-corrected chi connectivity index (χ3v) is 6.52. The molecule has 5 nitrogen and oxygen atoms in total. The molecular weight excluding hydrogens is 461 g/mol. The highest BCUT2D eigenvalue weighted by Crippen LogP contribution is 2.31. The molecule has 11 heteroatoms. The summed E-state index contributed by atoms with van der Waals surface area (Å²) >= 11 is 7.48. The Balaban J connectivity index is 1.82. The van der Waals surface area contributed by atoms with E-state index in [4.69, 9.17) is 11.6 Å². The van der Waals surface area contributed by atoms with Gasteiger partial charge < -0.3 is 5.32 Å². The van der Waals surface area contributed by atoms with Crippen molar-refractivity contribution in [3.05, 3.63) is 81.0 Å². The second kappa shape index (κ2) is 8.66. The first-order valence-electron chi connectivity index (χ1n) is 8.36. The zero-order valence-corrected chi connectivity index (χ0v) is 17.4. The van der Waals surface area contributed by atoms with Crippen molar-refractivity contribution in [1.29, 1.82) is 0 Å². The Labute approximate surface area is 179 Å². The summed E-state index contributed by atoms with van der Waals surface area (Å²) in [6, 6.07) is 10.9. The van der Waals surface area contributed by atoms with E-state index in [9.17, 15) is 26.4 Å². The van der Waals surface area contributed by atoms with Gasteiger partial charge in [-0.2, -0.15) is 13.2 Å². The highest BCUT2D eigenvalue weighted by Gasteiger charge is 2.30. The molecule has 0 atom stereocenters. The lowest BCUT2D eigenvalue weighted by atomic mass is 10.2. The third kappa shape index (κ3) is 5.32. The molecule has 2 N–H and O–H groups in total. The fourth-order valence-corrected chi connectivity index (χ4v) is 4.42. The summed E-state index contributed by atoms with van der Waals surface area (Å²) in [4.78, 5) is 13.0. The number of carbonyl (C=O) groups excluding carboxylic acids is 1. The number of rotatable bonds is 6. The molecule has 0 bridgehead atoms. The van der Waals surface area contributed by atoms with Gasteiger partial charge in [0.2, 0.25) is 0 Å². The van der Waals surface area contributed by atoms with Crippen LogP contribution in [0, 0.1) is 0 Å². The molecule has 0 spiro atoms. The summed E-state index contributed by atoms with van der Waals surface area (Å²) in [6.07, 6.45) is -4.62. The van der Waals surface area contributed by atoms with Gasteiger partial charge in [0.1, 0.15) is 0 Å². The monoisotopic (exact) mass is 474 g/mol. The normalized spacial score (nSPS) is 11.9. The molecule has 3 aromatic rings. The predicted octanol–water partition coefficient (Wildman–Crippen LogP) is 5.15. The number of sulfonamides is 1. The molecule has 0 aliphatic rings. The summed E-state index contributed by atoms with van der Waals surface area (Å²) < 4.78 is 65.9. The van der Waals surface area contributed by atoms with E-state index in [1.165, 1.54) is 23.5 Å². The van der Waals surface area contributed by atoms with Gasteiger partial charge in [-0.3, -0.25) is 9.52 Å². The lowest BCUT2D eigenvalue weighted by molar-refractivity contribution is -0.137. The molecule has 0 saturated heterocycles. The summed E-state index contributed by atoms with van der Waals surface area (Å²) in [5.74, 6) is -0.579. The van der Waals surface area contributed by atoms with Crippen molar-refractivity contribution < 1.29 is 26.4 Å². The molecule has 1 amide bonds. The smallest absolute Gasteiger partial charge is 0.347 e. The third-order valence-electron chi connectivity index (χ3n) is 3.94. The Morgan fingerprint density at radius 3 is 2.50 bits per heavy atom. The van der Waals surface area contributed by atoms with E-state index < -0.39 is 27.7 Å². The van der Waals surface area contributed by atoms with Gasteiger partial charge in [-0.25, -0.2) is 8.42 Å². The van der Waals surface area contributed by atoms with Gasteiger partial charge in [0, 0.05) is 10.6 Å². The van der Waals surface area contributed by atoms with E-state index in [1.807, 2.05) is 17.5 Å². The van der Waals surface area contributed by atoms with Crippen LogP contribution < -0.4 is 10.0 Å². The van der Waals surface area contributed by atoms with Crippen LogP contribution in [0.5, 0.6) is 0 Å². The molecule has 0 radical (unpaired) electrons. The van der Waals surface area contributed by atoms with Crippen LogP contribution in [0.3, 0.4) is 0 Å². The van der Waals surface area contributed by atoms with Crippen LogP contribution in [0.4, 0.5) is 18.9 Å². The first-order chi connectivity index (χ1) is 14.1. The number of thiophene rings is 1. The largest absolute Gasteiger partial charge is 0.416 e. The Kier molecular flexibility index (Phi) is 6.39. The number of alkyl halides is 3. The lowest BCUT2D eigenvalue weighted by Gasteiger charge is -2.12. The Bertz CT molecular complexity index is 1160. The zero-order valence-electron chi connectivity index (χ0n) is 15.0. The lowest BCUT2D eigenvalue weighted by Crippen LogP contribution is -2.23. The maximum absolute atomic E-state index is 12.8. The maximum Gasteiger partial charge on any atom is 0.416 e. The van der Waals surface area contributed by atoms with E-state index in [-0.39, 0.29) is 27.7 Å². The van der Waals surface area contributed by atoms with E-state index in [2.05, 4.69) is 10.0 Å². The van der Waals surface area contributed by atoms with Gasteiger partial charge in [-0.1, -0.05) is 23.7 Å². The zero-order chi connectivity index (χ0) is 21.9. The number of amides is 1. The first kappa shape index (κ1) is 22.1. The number of hydrogen-bond donors (Lipinski definition) is 2. The molecule has 1 aromatic heterocycles. The van der Waals surface area contributed by atoms with Crippen LogP contribution in [-0.2, 0) is 22.7 Å². The van der Waals surface area contributed by atoms with E-state index in [0.717, 1.165) is 29.1 Å². The number of nitrogens with one attached hydrogen (secondary N) is 2. The van der Waals surface area contributed by atoms with Gasteiger partial charge in [-0.15, -0.1) is 11.3 Å². The van der Waals surface area contributed by atoms with Crippen LogP contribution >= 0.6 is 22.9 Å². The average molecular weight is 475 g/mol. The van der Waals surface area contributed by atoms with Gasteiger partial charge in [-0.05, 0) is 47.8 Å². The molecule has 158 valence electrons. The molecule has 2 aromatic carbocycles. The molecule has 3 rings (SSSR count). The predicted molar refractivity (Wildman–Crippen MR) is 109 cm³/mol. The molecule has 0 unspecified atom stereocenters. The molecule has 0 aliphatic heterocycles. The van der Waals surface area contributed by atoms with Gasteiger partial charge in [0.25, 0.3) is 15.9 Å². The maximum atomic E-state index is 12.8. The Morgan fingerprint density at radius 1 is 1.07 bits per heavy atom. The second-order valence-electron chi connectivity index (χ2n) is 6.09. The Hall–Kier alpha value is -2.56. The summed E-state index contributed by atoms with van der Waals surface area (Å²) in [5.41, 5.74) is -1.32. The second-order valence-corrected chi connectivity index (χ2v) is 9.21. The standard InChI is InChI=1S/C19H14ClF3N2O3S2/c20-17-7-6-15(10-16(17)18(26)24-11-14-5-2-8-29-14)30(27,28)25-13-4-1-3-12(9-13)19(21,22)23/h1-10,25H,11H2,(H,24,26). The number of hydrogen-bond acceptors (Lipinski definition) is 4. The fraction of sp³-hybridized carbons (Fsp3) is 0.105. The minimum atomic E-state index is -4.62. The number of benzene rings is 2. The van der Waals surface area contributed by atoms with E-state index >= 15 is 0 Å². The Morgan fingerprint density at radius 2 is 1.83 bits per heavy atom. The van der Waals surface area contributed by atoms with Crippen molar-refractivity contribution in [3.8, 4) is 0 Å². The summed E-state index contributed by atoms with van der Waals surface area (Å²) in [7, 11) is -4.26. The van der Waals surface area contributed by atoms with Crippen LogP contribution in [-0.4, -0.2) is 14.3 Å². The van der Waals surface area contributed by atoms with Crippen molar-refractivity contribution in [3.63, 3.8) is 0 Å². The molecule has 0 saturated carbocycles. The van der Waals surface area contributed by atoms with E-state index in [1.54, 1.807) is 0 Å². The fourth-order valence-electron chi connectivity index (χ4n) is 2.49. The van der Waals surface area contributed by atoms with Gasteiger partial charge in [0.15, 0.2) is 0 Å². The van der Waals surface area contributed by atoms with Crippen molar-refractivity contribution in [2.75, 3.05) is 4.72 Å². The molecule has 30 heavy (non-hydrogen) atoms. The van der Waals surface area contributed by atoms with E-state index in [0.29, 0.717) is 6.07 Å². The minimum Gasteiger partial charge on any atom is -0.347 e. The first-order valence-corrected chi connectivity index (χ1v) is 11.1. The van der Waals surface area contributed by atoms with Crippen LogP contribution in [0.15, 0.2) is 64.9 Å². The van der Waals surface area contributed by atoms with Gasteiger partial charge in [0.05, 0.1) is 27.6 Å². The average Bonchev–Trinajstić information content (AvgIpc) is 3.19. The molecular formula is C19H14ClF3N2O3S2. The minimum absolute atomic E-state index is 0.0386. The topological polar surface area (TPSA) is 75.3 Å². The van der Waals surface area contributed by atoms with Crippen molar-refractivity contribution >= 4 is 44.6 Å². The highest BCUT2D eigenvalue weighted by molar-refractivity contribution is 7.92. The highest BCUT2D eigenvalue weighted by atomic mass is 35.5. The van der Waals surface area contributed by atoms with Crippen LogP contribution in [0.25, 0.3) is 0 Å². The molecule has 1 heterocycles. The van der Waals surface area contributed by atoms with Crippen LogP contribution in [0.1, 0.15) is 20.8 Å². The summed E-state index contributed by atoms with van der Waals surface area (Å²) in [6.45, 7) is 0.242. The SMILES string of the molecule is O=C(NCc1cccs1)c1cc(S(=O)(=O)Nc2cccc(C(F)(F)F)c2)ccc1Cl. The molecule has 0 fully saturated rings. The van der Waals surface area contributed by atoms with Crippen molar-refractivity contribution in [2.45, 2.75) is 17.6 Å². The summed E-state index contributed by atoms with van der Waals surface area (Å²) in [5, 5.41) is 4.53. The number of halogens is 4.